The highest BCUT2D eigenvalue weighted by Gasteiger charge is 2.47. The number of allylic oxidation sites excluding steroid dienone is 15. The van der Waals surface area contributed by atoms with Crippen LogP contribution in [0.15, 0.2) is 97.2 Å². The summed E-state index contributed by atoms with van der Waals surface area (Å²) in [5.74, 6) is -1.22. The van der Waals surface area contributed by atoms with Gasteiger partial charge in [-0.15, -0.1) is 0 Å². The molecule has 1 heterocycles. The van der Waals surface area contributed by atoms with E-state index in [1.807, 2.05) is 6.08 Å². The maximum Gasteiger partial charge on any atom is 0.306 e. The number of hydrogen-bond acceptors (Lipinski definition) is 10. The van der Waals surface area contributed by atoms with Crippen molar-refractivity contribution in [2.24, 2.45) is 0 Å². The molecule has 1 amide bonds. The van der Waals surface area contributed by atoms with Crippen molar-refractivity contribution in [3.05, 3.63) is 97.2 Å². The Hall–Kier alpha value is -3.42. The number of aliphatic hydroxyl groups is 5. The molecule has 0 bridgehead atoms. The lowest BCUT2D eigenvalue weighted by atomic mass is 9.99. The van der Waals surface area contributed by atoms with Crippen LogP contribution in [-0.4, -0.2) is 99.6 Å². The number of unbranched alkanes of at least 4 members (excludes halogenated alkanes) is 28. The van der Waals surface area contributed by atoms with Gasteiger partial charge in [-0.1, -0.05) is 266 Å². The van der Waals surface area contributed by atoms with E-state index < -0.39 is 67.4 Å². The summed E-state index contributed by atoms with van der Waals surface area (Å²) in [4.78, 5) is 26.6. The summed E-state index contributed by atoms with van der Waals surface area (Å²) >= 11 is 0. The highest BCUT2D eigenvalue weighted by molar-refractivity contribution is 5.80. The van der Waals surface area contributed by atoms with Gasteiger partial charge < -0.3 is 45.1 Å². The van der Waals surface area contributed by atoms with Crippen LogP contribution >= 0.6 is 0 Å². The maximum atomic E-state index is 13.5. The lowest BCUT2D eigenvalue weighted by Gasteiger charge is -2.41. The van der Waals surface area contributed by atoms with E-state index in [0.29, 0.717) is 12.8 Å². The first-order valence-corrected chi connectivity index (χ1v) is 33.5. The SMILES string of the molecule is CC/C=C\C/C=C\C/C=C\C/C=C\C/C=C\C/C=C\CCCCCC(O)C(=O)NC(COC1OC(CO)C(O)C(O)C1OC(=O)CCCCCCCCCCC/C=C/CCCCCCCC)C(O)/C=C/CCCCCCCCCCCC. The van der Waals surface area contributed by atoms with Gasteiger partial charge >= 0.3 is 5.97 Å². The van der Waals surface area contributed by atoms with Crippen molar-refractivity contribution in [3.8, 4) is 0 Å². The topological polar surface area (TPSA) is 175 Å². The fourth-order valence-corrected chi connectivity index (χ4v) is 9.94. The maximum absolute atomic E-state index is 13.5. The molecule has 0 spiro atoms. The Morgan fingerprint density at radius 3 is 1.33 bits per heavy atom. The second-order valence-corrected chi connectivity index (χ2v) is 22.8. The van der Waals surface area contributed by atoms with Gasteiger partial charge in [0.2, 0.25) is 5.91 Å². The summed E-state index contributed by atoms with van der Waals surface area (Å²) in [6.45, 7) is 5.66. The molecule has 8 atom stereocenters. The molecule has 0 aromatic rings. The molecule has 8 unspecified atom stereocenters. The lowest BCUT2D eigenvalue weighted by Crippen LogP contribution is -2.61. The van der Waals surface area contributed by atoms with Crippen molar-refractivity contribution in [2.45, 2.75) is 327 Å². The van der Waals surface area contributed by atoms with E-state index in [2.05, 4.69) is 111 Å². The zero-order chi connectivity index (χ0) is 59.6. The largest absolute Gasteiger partial charge is 0.454 e. The Morgan fingerprint density at radius 2 is 0.878 bits per heavy atom. The number of rotatable bonds is 56. The number of aliphatic hydroxyl groups excluding tert-OH is 5. The third kappa shape index (κ3) is 45.0. The van der Waals surface area contributed by atoms with Crippen molar-refractivity contribution < 1.29 is 49.3 Å². The lowest BCUT2D eigenvalue weighted by molar-refractivity contribution is -0.305. The molecule has 1 aliphatic rings. The molecule has 1 aliphatic heterocycles. The first-order chi connectivity index (χ1) is 40.2. The Labute approximate surface area is 501 Å². The Balaban J connectivity index is 2.66. The van der Waals surface area contributed by atoms with Gasteiger partial charge in [0.05, 0.1) is 25.4 Å². The van der Waals surface area contributed by atoms with Gasteiger partial charge in [-0.05, 0) is 103 Å². The van der Waals surface area contributed by atoms with E-state index in [1.54, 1.807) is 6.08 Å². The normalized spacial score (nSPS) is 19.2. The van der Waals surface area contributed by atoms with Gasteiger partial charge in [0, 0.05) is 6.42 Å². The second-order valence-electron chi connectivity index (χ2n) is 22.8. The smallest absolute Gasteiger partial charge is 0.306 e. The van der Waals surface area contributed by atoms with Crippen molar-refractivity contribution in [2.75, 3.05) is 13.2 Å². The predicted octanol–water partition coefficient (Wildman–Crippen LogP) is 16.7. The molecule has 0 saturated carbocycles. The third-order valence-electron chi connectivity index (χ3n) is 15.2. The van der Waals surface area contributed by atoms with Gasteiger partial charge in [-0.2, -0.15) is 0 Å². The van der Waals surface area contributed by atoms with Gasteiger partial charge in [0.15, 0.2) is 12.4 Å². The van der Waals surface area contributed by atoms with Crippen LogP contribution in [-0.2, 0) is 23.8 Å². The van der Waals surface area contributed by atoms with Gasteiger partial charge in [-0.25, -0.2) is 0 Å². The molecule has 11 heteroatoms. The molecule has 472 valence electrons. The van der Waals surface area contributed by atoms with E-state index in [1.165, 1.54) is 128 Å². The number of nitrogens with one attached hydrogen (secondary N) is 1. The average Bonchev–Trinajstić information content (AvgIpc) is 3.68. The molecular weight excluding hydrogens is 1030 g/mol. The highest BCUT2D eigenvalue weighted by atomic mass is 16.7. The first-order valence-electron chi connectivity index (χ1n) is 33.5. The molecule has 1 saturated heterocycles. The van der Waals surface area contributed by atoms with Gasteiger partial charge in [-0.3, -0.25) is 9.59 Å². The molecule has 11 nitrogen and oxygen atoms in total. The summed E-state index contributed by atoms with van der Waals surface area (Å²) in [6, 6.07) is -1.04. The minimum atomic E-state index is -1.62. The predicted molar refractivity (Wildman–Crippen MR) is 342 cm³/mol. The van der Waals surface area contributed by atoms with Crippen LogP contribution in [0, 0.1) is 0 Å². The van der Waals surface area contributed by atoms with Crippen molar-refractivity contribution in [1.82, 2.24) is 5.32 Å². The standard InChI is InChI=1S/C71H123NO10/c1-4-7-10-13-16-19-22-25-27-29-31-32-33-35-36-38-40-43-46-49-52-55-58-64(75)70(79)72-62(63(74)57-54-51-48-45-42-24-21-18-15-12-9-6-3)61-80-71-69(68(78)67(77)65(60-73)81-71)82-66(76)59-56-53-50-47-44-41-39-37-34-30-28-26-23-20-17-14-11-8-5-2/h7,10,16,19,25-28,31-32,35-36,40,43,54,57,62-65,67-69,71,73-75,77-78H,4-6,8-9,11-15,17-18,20-24,29-30,33-34,37-39,41-42,44-53,55-56,58-61H2,1-3H3,(H,72,79)/b10-7-,19-16-,27-25-,28-26+,32-31-,36-35-,43-40-,57-54+. The quantitative estimate of drug-likeness (QED) is 0.0195. The molecule has 1 fully saturated rings. The summed E-state index contributed by atoms with van der Waals surface area (Å²) < 4.78 is 17.6. The Bertz CT molecular complexity index is 1700. The fourth-order valence-electron chi connectivity index (χ4n) is 9.94. The monoisotopic (exact) mass is 1150 g/mol. The highest BCUT2D eigenvalue weighted by Crippen LogP contribution is 2.26. The molecule has 0 aromatic carbocycles. The third-order valence-corrected chi connectivity index (χ3v) is 15.2. The number of ether oxygens (including phenoxy) is 3. The molecule has 0 aliphatic carbocycles. The van der Waals surface area contributed by atoms with Crippen LogP contribution in [0.2, 0.25) is 0 Å². The first kappa shape index (κ1) is 76.6. The van der Waals surface area contributed by atoms with Crippen molar-refractivity contribution in [3.63, 3.8) is 0 Å². The number of esters is 1. The van der Waals surface area contributed by atoms with Crippen LogP contribution in [0.1, 0.15) is 278 Å². The average molecular weight is 1150 g/mol. The van der Waals surface area contributed by atoms with E-state index >= 15 is 0 Å². The zero-order valence-electron chi connectivity index (χ0n) is 52.3. The molecular formula is C71H123NO10. The molecule has 6 N–H and O–H groups in total. The van der Waals surface area contributed by atoms with E-state index in [-0.39, 0.29) is 19.4 Å². The fraction of sp³-hybridized carbons (Fsp3) is 0.746. The Morgan fingerprint density at radius 1 is 0.488 bits per heavy atom. The number of carbonyl (C=O) groups is 2. The second kappa shape index (κ2) is 58.0. The van der Waals surface area contributed by atoms with Crippen molar-refractivity contribution >= 4 is 11.9 Å². The van der Waals surface area contributed by atoms with Crippen molar-refractivity contribution in [1.29, 1.82) is 0 Å². The minimum absolute atomic E-state index is 0.115. The summed E-state index contributed by atoms with van der Waals surface area (Å²) in [6.07, 6.45) is 67.2. The van der Waals surface area contributed by atoms with E-state index in [9.17, 15) is 35.1 Å². The van der Waals surface area contributed by atoms with Gasteiger partial charge in [0.25, 0.3) is 0 Å². The van der Waals surface area contributed by atoms with Crippen LogP contribution in [0.25, 0.3) is 0 Å². The minimum Gasteiger partial charge on any atom is -0.454 e. The number of amides is 1. The molecule has 1 rings (SSSR count). The summed E-state index contributed by atoms with van der Waals surface area (Å²) in [7, 11) is 0. The summed E-state index contributed by atoms with van der Waals surface area (Å²) in [5.41, 5.74) is 0. The number of hydrogen-bond donors (Lipinski definition) is 6. The van der Waals surface area contributed by atoms with Crippen LogP contribution in [0.5, 0.6) is 0 Å². The summed E-state index contributed by atoms with van der Waals surface area (Å²) in [5, 5.41) is 57.1. The number of carbonyl (C=O) groups excluding carboxylic acids is 2. The Kier molecular flexibility index (Phi) is 54.2. The van der Waals surface area contributed by atoms with E-state index in [0.717, 1.165) is 103 Å². The van der Waals surface area contributed by atoms with E-state index in [4.69, 9.17) is 14.2 Å². The zero-order valence-corrected chi connectivity index (χ0v) is 52.3. The van der Waals surface area contributed by atoms with Crippen LogP contribution < -0.4 is 5.32 Å². The molecule has 0 radical (unpaired) electrons. The molecule has 82 heavy (non-hydrogen) atoms. The van der Waals surface area contributed by atoms with Crippen LogP contribution in [0.3, 0.4) is 0 Å². The van der Waals surface area contributed by atoms with Gasteiger partial charge in [0.1, 0.15) is 24.4 Å². The van der Waals surface area contributed by atoms with Crippen LogP contribution in [0.4, 0.5) is 0 Å². The molecule has 0 aromatic heterocycles.